The van der Waals surface area contributed by atoms with E-state index in [0.717, 1.165) is 33.5 Å². The molecule has 0 saturated heterocycles. The molecule has 2 aromatic carbocycles. The number of methoxy groups -OCH3 is 1. The number of para-hydroxylation sites is 1. The van der Waals surface area contributed by atoms with Crippen molar-refractivity contribution in [3.05, 3.63) is 78.3 Å². The molecular weight excluding hydrogens is 380 g/mol. The predicted octanol–water partition coefficient (Wildman–Crippen LogP) is 4.22. The summed E-state index contributed by atoms with van der Waals surface area (Å²) in [7, 11) is 1.64. The molecule has 0 aliphatic rings. The summed E-state index contributed by atoms with van der Waals surface area (Å²) in [4.78, 5) is 15.9. The molecule has 30 heavy (non-hydrogen) atoms. The zero-order valence-electron chi connectivity index (χ0n) is 16.7. The number of aryl methyl sites for hydroxylation is 1. The highest BCUT2D eigenvalue weighted by Gasteiger charge is 2.16. The molecule has 6 heteroatoms. The average Bonchev–Trinajstić information content (AvgIpc) is 3.44. The Balaban J connectivity index is 1.49. The molecule has 4 aromatic rings. The van der Waals surface area contributed by atoms with Crippen molar-refractivity contribution in [2.24, 2.45) is 0 Å². The van der Waals surface area contributed by atoms with Gasteiger partial charge in [0.2, 0.25) is 5.91 Å². The molecule has 1 atom stereocenters. The Morgan fingerprint density at radius 1 is 1.13 bits per heavy atom. The highest BCUT2D eigenvalue weighted by atomic mass is 16.5. The number of ether oxygens (including phenoxy) is 1. The SMILES string of the molecule is COc1ccc(-c2[nH]c3ccccc3c2CCC(=O)NCC(O)c2ccco2)cc1. The maximum absolute atomic E-state index is 12.4. The third kappa shape index (κ3) is 4.23. The van der Waals surface area contributed by atoms with Crippen LogP contribution in [-0.2, 0) is 11.2 Å². The number of rotatable bonds is 8. The Morgan fingerprint density at radius 2 is 1.93 bits per heavy atom. The summed E-state index contributed by atoms with van der Waals surface area (Å²) in [5.41, 5.74) is 4.17. The maximum Gasteiger partial charge on any atom is 0.220 e. The van der Waals surface area contributed by atoms with Crippen LogP contribution >= 0.6 is 0 Å². The zero-order valence-corrected chi connectivity index (χ0v) is 16.7. The average molecular weight is 404 g/mol. The van der Waals surface area contributed by atoms with Crippen LogP contribution in [0.4, 0.5) is 0 Å². The van der Waals surface area contributed by atoms with E-state index in [2.05, 4.69) is 16.4 Å². The molecule has 2 heterocycles. The number of aliphatic hydroxyl groups is 1. The molecular formula is C24H24N2O4. The van der Waals surface area contributed by atoms with Crippen molar-refractivity contribution < 1.29 is 19.1 Å². The van der Waals surface area contributed by atoms with Gasteiger partial charge in [0, 0.05) is 23.0 Å². The number of carbonyl (C=O) groups excluding carboxylic acids is 1. The number of aliphatic hydroxyl groups excluding tert-OH is 1. The molecule has 0 bridgehead atoms. The number of aromatic nitrogens is 1. The molecule has 0 aliphatic heterocycles. The lowest BCUT2D eigenvalue weighted by Gasteiger charge is -2.10. The molecule has 0 spiro atoms. The summed E-state index contributed by atoms with van der Waals surface area (Å²) < 4.78 is 10.4. The summed E-state index contributed by atoms with van der Waals surface area (Å²) in [5.74, 6) is 1.12. The zero-order chi connectivity index (χ0) is 20.9. The van der Waals surface area contributed by atoms with Gasteiger partial charge in [-0.2, -0.15) is 0 Å². The van der Waals surface area contributed by atoms with Gasteiger partial charge in [0.1, 0.15) is 17.6 Å². The molecule has 0 radical (unpaired) electrons. The predicted molar refractivity (Wildman–Crippen MR) is 115 cm³/mol. The fourth-order valence-corrected chi connectivity index (χ4v) is 3.58. The number of nitrogens with one attached hydrogen (secondary N) is 2. The fraction of sp³-hybridized carbons (Fsp3) is 0.208. The number of carbonyl (C=O) groups is 1. The Hall–Kier alpha value is -3.51. The normalized spacial score (nSPS) is 12.1. The number of aromatic amines is 1. The van der Waals surface area contributed by atoms with Crippen molar-refractivity contribution in [2.45, 2.75) is 18.9 Å². The van der Waals surface area contributed by atoms with E-state index in [4.69, 9.17) is 9.15 Å². The van der Waals surface area contributed by atoms with E-state index in [-0.39, 0.29) is 12.5 Å². The second-order valence-corrected chi connectivity index (χ2v) is 7.09. The van der Waals surface area contributed by atoms with Gasteiger partial charge in [0.05, 0.1) is 19.9 Å². The van der Waals surface area contributed by atoms with E-state index in [9.17, 15) is 9.90 Å². The first-order chi connectivity index (χ1) is 14.7. The molecule has 0 fully saturated rings. The molecule has 0 aliphatic carbocycles. The number of furan rings is 1. The van der Waals surface area contributed by atoms with Crippen LogP contribution in [0.3, 0.4) is 0 Å². The van der Waals surface area contributed by atoms with E-state index < -0.39 is 6.10 Å². The summed E-state index contributed by atoms with van der Waals surface area (Å²) >= 11 is 0. The minimum atomic E-state index is -0.855. The summed E-state index contributed by atoms with van der Waals surface area (Å²) in [6.45, 7) is 0.117. The first-order valence-corrected chi connectivity index (χ1v) is 9.88. The van der Waals surface area contributed by atoms with Crippen LogP contribution in [0.5, 0.6) is 5.75 Å². The number of benzene rings is 2. The molecule has 4 rings (SSSR count). The summed E-state index contributed by atoms with van der Waals surface area (Å²) in [5, 5.41) is 13.9. The van der Waals surface area contributed by atoms with Crippen molar-refractivity contribution in [2.75, 3.05) is 13.7 Å². The van der Waals surface area contributed by atoms with Gasteiger partial charge in [-0.3, -0.25) is 4.79 Å². The monoisotopic (exact) mass is 404 g/mol. The molecule has 154 valence electrons. The molecule has 3 N–H and O–H groups in total. The van der Waals surface area contributed by atoms with Crippen LogP contribution in [0, 0.1) is 0 Å². The highest BCUT2D eigenvalue weighted by molar-refractivity contribution is 5.91. The lowest BCUT2D eigenvalue weighted by molar-refractivity contribution is -0.121. The Morgan fingerprint density at radius 3 is 2.67 bits per heavy atom. The number of fused-ring (bicyclic) bond motifs is 1. The lowest BCUT2D eigenvalue weighted by Crippen LogP contribution is -2.28. The van der Waals surface area contributed by atoms with E-state index in [0.29, 0.717) is 18.6 Å². The van der Waals surface area contributed by atoms with Crippen LogP contribution in [-0.4, -0.2) is 29.7 Å². The van der Waals surface area contributed by atoms with Crippen LogP contribution in [0.15, 0.2) is 71.3 Å². The van der Waals surface area contributed by atoms with E-state index in [1.807, 2.05) is 42.5 Å². The molecule has 6 nitrogen and oxygen atoms in total. The van der Waals surface area contributed by atoms with Gasteiger partial charge in [-0.25, -0.2) is 0 Å². The van der Waals surface area contributed by atoms with Crippen LogP contribution in [0.2, 0.25) is 0 Å². The molecule has 1 unspecified atom stereocenters. The minimum absolute atomic E-state index is 0.117. The first-order valence-electron chi connectivity index (χ1n) is 9.88. The maximum atomic E-state index is 12.4. The molecule has 0 saturated carbocycles. The van der Waals surface area contributed by atoms with Gasteiger partial charge in [-0.05, 0) is 60.0 Å². The van der Waals surface area contributed by atoms with E-state index in [1.165, 1.54) is 6.26 Å². The second kappa shape index (κ2) is 8.88. The van der Waals surface area contributed by atoms with Crippen molar-refractivity contribution >= 4 is 16.8 Å². The quantitative estimate of drug-likeness (QED) is 0.410. The minimum Gasteiger partial charge on any atom is -0.497 e. The lowest BCUT2D eigenvalue weighted by atomic mass is 10.0. The topological polar surface area (TPSA) is 87.5 Å². The Labute approximate surface area is 174 Å². The van der Waals surface area contributed by atoms with E-state index >= 15 is 0 Å². The summed E-state index contributed by atoms with van der Waals surface area (Å²) in [6.07, 6.45) is 1.54. The van der Waals surface area contributed by atoms with Gasteiger partial charge >= 0.3 is 0 Å². The van der Waals surface area contributed by atoms with Gasteiger partial charge in [-0.15, -0.1) is 0 Å². The molecule has 1 amide bonds. The van der Waals surface area contributed by atoms with E-state index in [1.54, 1.807) is 19.2 Å². The smallest absolute Gasteiger partial charge is 0.220 e. The standard InChI is InChI=1S/C24H24N2O4/c1-29-17-10-8-16(9-11-17)24-19(18-5-2-3-6-20(18)26-24)12-13-23(28)25-15-21(27)22-7-4-14-30-22/h2-11,14,21,26-27H,12-13,15H2,1H3,(H,25,28). The van der Waals surface area contributed by atoms with Crippen molar-refractivity contribution in [3.8, 4) is 17.0 Å². The second-order valence-electron chi connectivity index (χ2n) is 7.09. The van der Waals surface area contributed by atoms with Gasteiger partial charge in [0.15, 0.2) is 0 Å². The number of amides is 1. The summed E-state index contributed by atoms with van der Waals surface area (Å²) in [6, 6.07) is 19.3. The highest BCUT2D eigenvalue weighted by Crippen LogP contribution is 2.32. The Bertz CT molecular complexity index is 1110. The third-order valence-corrected chi connectivity index (χ3v) is 5.16. The van der Waals surface area contributed by atoms with Crippen LogP contribution in [0.1, 0.15) is 23.8 Å². The number of H-pyrrole nitrogens is 1. The number of hydrogen-bond donors (Lipinski definition) is 3. The largest absolute Gasteiger partial charge is 0.497 e. The van der Waals surface area contributed by atoms with Crippen LogP contribution in [0.25, 0.3) is 22.2 Å². The van der Waals surface area contributed by atoms with Crippen LogP contribution < -0.4 is 10.1 Å². The molecule has 2 aromatic heterocycles. The van der Waals surface area contributed by atoms with Crippen molar-refractivity contribution in [1.82, 2.24) is 10.3 Å². The van der Waals surface area contributed by atoms with Gasteiger partial charge in [0.25, 0.3) is 0 Å². The van der Waals surface area contributed by atoms with Crippen molar-refractivity contribution in [1.29, 1.82) is 0 Å². The first kappa shape index (κ1) is 19.8. The Kier molecular flexibility index (Phi) is 5.86. The van der Waals surface area contributed by atoms with Gasteiger partial charge in [-0.1, -0.05) is 18.2 Å². The van der Waals surface area contributed by atoms with Crippen molar-refractivity contribution in [3.63, 3.8) is 0 Å². The van der Waals surface area contributed by atoms with Gasteiger partial charge < -0.3 is 24.6 Å². The third-order valence-electron chi connectivity index (χ3n) is 5.16. The number of hydrogen-bond acceptors (Lipinski definition) is 4. The fourth-order valence-electron chi connectivity index (χ4n) is 3.58.